The minimum absolute atomic E-state index is 0.0378. The van der Waals surface area contributed by atoms with Gasteiger partial charge in [-0.1, -0.05) is 29.3 Å². The van der Waals surface area contributed by atoms with Crippen molar-refractivity contribution in [1.29, 1.82) is 0 Å². The van der Waals surface area contributed by atoms with Crippen molar-refractivity contribution >= 4 is 64.1 Å². The van der Waals surface area contributed by atoms with Crippen LogP contribution in [0.3, 0.4) is 0 Å². The second-order valence-corrected chi connectivity index (χ2v) is 11.6. The first kappa shape index (κ1) is 25.3. The Morgan fingerprint density at radius 2 is 1.63 bits per heavy atom. The highest BCUT2D eigenvalue weighted by Gasteiger charge is 2.76. The lowest BCUT2D eigenvalue weighted by atomic mass is 9.56. The molecule has 3 fully saturated rings. The van der Waals surface area contributed by atoms with Crippen molar-refractivity contribution in [2.75, 3.05) is 4.90 Å². The van der Waals surface area contributed by atoms with Gasteiger partial charge in [-0.25, -0.2) is 9.29 Å². The zero-order valence-electron chi connectivity index (χ0n) is 19.3. The molecule has 6 atom stereocenters. The number of alkyl halides is 2. The van der Waals surface area contributed by atoms with Gasteiger partial charge in [0.1, 0.15) is 11.6 Å². The molecular formula is C26H18Cl3FN2O6. The molecule has 0 radical (unpaired) electrons. The molecule has 0 bridgehead atoms. The molecule has 2 heterocycles. The number of fused-ring (bicyclic) bond motifs is 4. The van der Waals surface area contributed by atoms with E-state index in [-0.39, 0.29) is 39.9 Å². The third-order valence-electron chi connectivity index (χ3n) is 8.17. The molecule has 2 aromatic carbocycles. The minimum atomic E-state index is -2.14. The second-order valence-electron chi connectivity index (χ2n) is 9.94. The van der Waals surface area contributed by atoms with Crippen molar-refractivity contribution in [1.82, 2.24) is 5.06 Å². The van der Waals surface area contributed by atoms with Crippen LogP contribution in [0, 0.1) is 23.6 Å². The van der Waals surface area contributed by atoms with Crippen LogP contribution in [0.25, 0.3) is 0 Å². The third kappa shape index (κ3) is 3.07. The van der Waals surface area contributed by atoms with Crippen LogP contribution >= 0.6 is 34.8 Å². The summed E-state index contributed by atoms with van der Waals surface area (Å²) in [5.41, 5.74) is 0.803. The summed E-state index contributed by atoms with van der Waals surface area (Å²) >= 11 is 20.8. The summed E-state index contributed by atoms with van der Waals surface area (Å²) in [5, 5.41) is 20.2. The molecule has 6 unspecified atom stereocenters. The molecule has 196 valence electrons. The first-order valence-corrected chi connectivity index (χ1v) is 12.8. The van der Waals surface area contributed by atoms with Crippen LogP contribution in [-0.4, -0.2) is 48.8 Å². The summed E-state index contributed by atoms with van der Waals surface area (Å²) in [6.07, 6.45) is 1.48. The maximum Gasteiger partial charge on any atom is 0.258 e. The number of anilines is 1. The van der Waals surface area contributed by atoms with E-state index in [2.05, 4.69) is 0 Å². The highest BCUT2D eigenvalue weighted by atomic mass is 35.5. The molecule has 12 heteroatoms. The number of amides is 4. The van der Waals surface area contributed by atoms with E-state index >= 15 is 0 Å². The van der Waals surface area contributed by atoms with Gasteiger partial charge in [0, 0.05) is 10.9 Å². The normalized spacial score (nSPS) is 34.3. The Morgan fingerprint density at radius 1 is 0.947 bits per heavy atom. The number of imide groups is 2. The van der Waals surface area contributed by atoms with Crippen LogP contribution in [0.15, 0.2) is 54.1 Å². The molecule has 2 aliphatic carbocycles. The summed E-state index contributed by atoms with van der Waals surface area (Å²) < 4.78 is 13.6. The Labute approximate surface area is 230 Å². The Morgan fingerprint density at radius 3 is 2.29 bits per heavy atom. The molecule has 0 aromatic heterocycles. The van der Waals surface area contributed by atoms with Crippen LogP contribution < -0.4 is 4.90 Å². The van der Waals surface area contributed by atoms with E-state index in [4.69, 9.17) is 34.8 Å². The molecular weight excluding hydrogens is 562 g/mol. The molecule has 8 nitrogen and oxygen atoms in total. The number of benzene rings is 2. The van der Waals surface area contributed by atoms with E-state index in [0.29, 0.717) is 5.57 Å². The highest BCUT2D eigenvalue weighted by molar-refractivity contribution is 6.58. The van der Waals surface area contributed by atoms with Gasteiger partial charge in [0.2, 0.25) is 0 Å². The number of phenols is 1. The van der Waals surface area contributed by atoms with Gasteiger partial charge in [-0.05, 0) is 60.7 Å². The lowest BCUT2D eigenvalue weighted by Crippen LogP contribution is -2.60. The molecule has 2 N–H and O–H groups in total. The molecule has 4 amide bonds. The van der Waals surface area contributed by atoms with Crippen molar-refractivity contribution < 1.29 is 33.9 Å². The van der Waals surface area contributed by atoms with Gasteiger partial charge in [-0.3, -0.25) is 24.4 Å². The summed E-state index contributed by atoms with van der Waals surface area (Å²) in [5.74, 6) is -7.96. The lowest BCUT2D eigenvalue weighted by Gasteiger charge is -2.50. The topological polar surface area (TPSA) is 115 Å². The summed E-state index contributed by atoms with van der Waals surface area (Å²) in [6.45, 7) is 0. The zero-order chi connectivity index (χ0) is 27.3. The standard InChI is InChI=1S/C26H18Cl3FN2O6/c27-18-9-13(33)5-6-15(18)20-14-7-8-16-19(22(35)32(38)21(16)34)17(14)10-25(28)23(36)31(24(37)26(20,25)29)12-3-1-11(30)2-4-12/h1-7,9,16-17,19-20,33,38H,8,10H2. The van der Waals surface area contributed by atoms with Crippen LogP contribution in [-0.2, 0) is 19.2 Å². The van der Waals surface area contributed by atoms with E-state index in [0.717, 1.165) is 17.0 Å². The number of hydrogen-bond acceptors (Lipinski definition) is 6. The first-order valence-electron chi connectivity index (χ1n) is 11.7. The fraction of sp³-hybridized carbons (Fsp3) is 0.308. The minimum Gasteiger partial charge on any atom is -0.508 e. The van der Waals surface area contributed by atoms with Crippen LogP contribution in [0.1, 0.15) is 24.3 Å². The van der Waals surface area contributed by atoms with Crippen LogP contribution in [0.4, 0.5) is 10.1 Å². The average Bonchev–Trinajstić information content (AvgIpc) is 3.18. The monoisotopic (exact) mass is 578 g/mol. The Kier molecular flexibility index (Phi) is 5.50. The number of nitrogens with zero attached hydrogens (tertiary/aromatic N) is 2. The summed E-state index contributed by atoms with van der Waals surface area (Å²) in [4.78, 5) is 50.2. The summed E-state index contributed by atoms with van der Waals surface area (Å²) in [6, 6.07) is 8.71. The summed E-state index contributed by atoms with van der Waals surface area (Å²) in [7, 11) is 0. The third-order valence-corrected chi connectivity index (χ3v) is 9.91. The van der Waals surface area contributed by atoms with E-state index in [1.54, 1.807) is 6.08 Å². The average molecular weight is 580 g/mol. The fourth-order valence-corrected chi connectivity index (χ4v) is 7.69. The van der Waals surface area contributed by atoms with Crippen molar-refractivity contribution in [3.05, 3.63) is 70.5 Å². The number of allylic oxidation sites excluding steroid dienone is 2. The fourth-order valence-electron chi connectivity index (χ4n) is 6.48. The lowest BCUT2D eigenvalue weighted by molar-refractivity contribution is -0.173. The second kappa shape index (κ2) is 8.26. The van der Waals surface area contributed by atoms with Gasteiger partial charge in [0.15, 0.2) is 9.75 Å². The first-order chi connectivity index (χ1) is 17.9. The van der Waals surface area contributed by atoms with E-state index < -0.39 is 62.9 Å². The van der Waals surface area contributed by atoms with Crippen molar-refractivity contribution in [3.8, 4) is 5.75 Å². The van der Waals surface area contributed by atoms with E-state index in [9.17, 15) is 33.9 Å². The van der Waals surface area contributed by atoms with Gasteiger partial charge in [0.05, 0.1) is 17.5 Å². The highest BCUT2D eigenvalue weighted by Crippen LogP contribution is 2.66. The number of carbonyl (C=O) groups is 4. The molecule has 2 aromatic rings. The van der Waals surface area contributed by atoms with Gasteiger partial charge in [-0.15, -0.1) is 23.2 Å². The Balaban J connectivity index is 1.59. The Hall–Kier alpha value is -2.98. The predicted molar refractivity (Wildman–Crippen MR) is 133 cm³/mol. The number of carbonyl (C=O) groups excluding carboxylic acids is 4. The molecule has 0 spiro atoms. The van der Waals surface area contributed by atoms with E-state index in [1.807, 2.05) is 0 Å². The molecule has 1 saturated carbocycles. The SMILES string of the molecule is O=C1C2CC=C3C(CC4(Cl)C(=O)N(c5ccc(F)cc5)C(=O)C4(Cl)C3c3ccc(O)cc3Cl)C2C(=O)N1O. The number of hydroxylamine groups is 2. The molecule has 2 aliphatic heterocycles. The number of rotatable bonds is 2. The van der Waals surface area contributed by atoms with Gasteiger partial charge in [-0.2, -0.15) is 5.06 Å². The molecule has 6 rings (SSSR count). The van der Waals surface area contributed by atoms with Gasteiger partial charge in [0.25, 0.3) is 23.6 Å². The molecule has 38 heavy (non-hydrogen) atoms. The largest absolute Gasteiger partial charge is 0.508 e. The van der Waals surface area contributed by atoms with Crippen molar-refractivity contribution in [2.45, 2.75) is 28.5 Å². The smallest absolute Gasteiger partial charge is 0.258 e. The van der Waals surface area contributed by atoms with Gasteiger partial charge >= 0.3 is 0 Å². The quantitative estimate of drug-likeness (QED) is 0.239. The molecule has 4 aliphatic rings. The molecule has 2 saturated heterocycles. The van der Waals surface area contributed by atoms with Crippen molar-refractivity contribution in [3.63, 3.8) is 0 Å². The van der Waals surface area contributed by atoms with Crippen LogP contribution in [0.5, 0.6) is 5.75 Å². The maximum atomic E-state index is 14.1. The number of hydrogen-bond donors (Lipinski definition) is 2. The Bertz CT molecular complexity index is 1480. The predicted octanol–water partition coefficient (Wildman–Crippen LogP) is 4.14. The van der Waals surface area contributed by atoms with Crippen molar-refractivity contribution in [2.24, 2.45) is 17.8 Å². The van der Waals surface area contributed by atoms with Crippen LogP contribution in [0.2, 0.25) is 5.02 Å². The maximum absolute atomic E-state index is 14.1. The zero-order valence-corrected chi connectivity index (χ0v) is 21.5. The number of phenolic OH excluding ortho intramolecular Hbond substituents is 1. The van der Waals surface area contributed by atoms with Gasteiger partial charge < -0.3 is 5.11 Å². The number of halogens is 4. The van der Waals surface area contributed by atoms with E-state index in [1.165, 1.54) is 30.3 Å². The number of aromatic hydroxyl groups is 1.